The lowest BCUT2D eigenvalue weighted by atomic mass is 10.0. The summed E-state index contributed by atoms with van der Waals surface area (Å²) >= 11 is 1.48. The highest BCUT2D eigenvalue weighted by atomic mass is 32.2. The first-order valence-corrected chi connectivity index (χ1v) is 8.85. The molecule has 0 spiro atoms. The van der Waals surface area contributed by atoms with Crippen LogP contribution in [0.25, 0.3) is 0 Å². The van der Waals surface area contributed by atoms with Gasteiger partial charge in [-0.25, -0.2) is 0 Å². The monoisotopic (exact) mass is 323 g/mol. The maximum absolute atomic E-state index is 12.5. The van der Waals surface area contributed by atoms with Gasteiger partial charge in [0.25, 0.3) is 5.91 Å². The van der Waals surface area contributed by atoms with Gasteiger partial charge >= 0.3 is 0 Å². The lowest BCUT2D eigenvalue weighted by Crippen LogP contribution is -2.57. The molecule has 3 rings (SSSR count). The molecule has 1 unspecified atom stereocenters. The Labute approximate surface area is 134 Å². The molecule has 2 fully saturated rings. The van der Waals surface area contributed by atoms with Crippen molar-refractivity contribution in [2.45, 2.75) is 24.0 Å². The molecule has 0 saturated carbocycles. The summed E-state index contributed by atoms with van der Waals surface area (Å²) in [5.74, 6) is 0.442. The van der Waals surface area contributed by atoms with Crippen LogP contribution >= 0.6 is 11.8 Å². The van der Waals surface area contributed by atoms with E-state index in [-0.39, 0.29) is 17.9 Å². The molecule has 6 nitrogen and oxygen atoms in total. The molecule has 0 bridgehead atoms. The second-order valence-electron chi connectivity index (χ2n) is 5.63. The quantitative estimate of drug-likeness (QED) is 0.842. The third-order valence-electron chi connectivity index (χ3n) is 4.24. The number of thioether (sulfide) groups is 1. The summed E-state index contributed by atoms with van der Waals surface area (Å²) in [6.07, 6.45) is 3.80. The molecule has 3 heterocycles. The number of piperazine rings is 1. The van der Waals surface area contributed by atoms with E-state index in [0.717, 1.165) is 37.6 Å². The van der Waals surface area contributed by atoms with Crippen molar-refractivity contribution in [3.05, 3.63) is 17.9 Å². The largest absolute Gasteiger partial charge is 0.445 e. The Kier molecular flexibility index (Phi) is 4.73. The molecule has 2 aliphatic heterocycles. The highest BCUT2D eigenvalue weighted by molar-refractivity contribution is 7.98. The first-order valence-electron chi connectivity index (χ1n) is 7.62. The molecule has 1 aromatic heterocycles. The summed E-state index contributed by atoms with van der Waals surface area (Å²) in [5, 5.41) is 3.83. The number of carbonyl (C=O) groups excluding carboxylic acids is 2. The Morgan fingerprint density at radius 1 is 1.41 bits per heavy atom. The molecule has 2 amide bonds. The standard InChI is InChI=1S/C15H21N3O3S/c1-22-14-5-4-12(21-14)15(20)17-7-2-3-11(10-17)18-8-6-16-9-13(18)19/h4-5,11,16H,2-3,6-10H2,1H3. The number of nitrogens with zero attached hydrogens (tertiary/aromatic N) is 2. The van der Waals surface area contributed by atoms with Crippen LogP contribution in [0.1, 0.15) is 23.4 Å². The lowest BCUT2D eigenvalue weighted by molar-refractivity contribution is -0.135. The summed E-state index contributed by atoms with van der Waals surface area (Å²) in [4.78, 5) is 28.3. The molecule has 1 aromatic rings. The summed E-state index contributed by atoms with van der Waals surface area (Å²) in [7, 11) is 0. The number of likely N-dealkylation sites (tertiary alicyclic amines) is 1. The Morgan fingerprint density at radius 3 is 3.00 bits per heavy atom. The highest BCUT2D eigenvalue weighted by Crippen LogP contribution is 2.22. The number of amides is 2. The zero-order chi connectivity index (χ0) is 15.5. The minimum Gasteiger partial charge on any atom is -0.445 e. The van der Waals surface area contributed by atoms with E-state index in [4.69, 9.17) is 4.42 Å². The fourth-order valence-corrected chi connectivity index (χ4v) is 3.48. The number of carbonyl (C=O) groups is 2. The maximum Gasteiger partial charge on any atom is 0.289 e. The summed E-state index contributed by atoms with van der Waals surface area (Å²) < 4.78 is 5.53. The first-order chi connectivity index (χ1) is 10.7. The van der Waals surface area contributed by atoms with Crippen molar-refractivity contribution in [2.24, 2.45) is 0 Å². The summed E-state index contributed by atoms with van der Waals surface area (Å²) in [6, 6.07) is 3.68. The average molecular weight is 323 g/mol. The van der Waals surface area contributed by atoms with Gasteiger partial charge in [0, 0.05) is 32.2 Å². The van der Waals surface area contributed by atoms with Gasteiger partial charge in [-0.3, -0.25) is 9.59 Å². The van der Waals surface area contributed by atoms with Crippen molar-refractivity contribution >= 4 is 23.6 Å². The molecule has 0 aliphatic carbocycles. The molecule has 0 aromatic carbocycles. The summed E-state index contributed by atoms with van der Waals surface area (Å²) in [6.45, 7) is 3.28. The average Bonchev–Trinajstić information content (AvgIpc) is 3.04. The second-order valence-corrected chi connectivity index (χ2v) is 6.44. The van der Waals surface area contributed by atoms with E-state index in [9.17, 15) is 9.59 Å². The molecule has 0 radical (unpaired) electrons. The van der Waals surface area contributed by atoms with Crippen molar-refractivity contribution < 1.29 is 14.0 Å². The molecule has 1 N–H and O–H groups in total. The second kappa shape index (κ2) is 6.75. The first kappa shape index (κ1) is 15.4. The number of piperidine rings is 1. The molecule has 1 atom stereocenters. The van der Waals surface area contributed by atoms with Crippen LogP contribution in [-0.4, -0.2) is 66.6 Å². The minimum absolute atomic E-state index is 0.0763. The number of rotatable bonds is 3. The van der Waals surface area contributed by atoms with E-state index in [2.05, 4.69) is 5.32 Å². The van der Waals surface area contributed by atoms with Crippen LogP contribution in [0.2, 0.25) is 0 Å². The van der Waals surface area contributed by atoms with Gasteiger partial charge in [0.15, 0.2) is 10.9 Å². The van der Waals surface area contributed by atoms with Gasteiger partial charge < -0.3 is 19.5 Å². The maximum atomic E-state index is 12.5. The number of hydrogen-bond donors (Lipinski definition) is 1. The lowest BCUT2D eigenvalue weighted by Gasteiger charge is -2.40. The molecule has 120 valence electrons. The Hall–Kier alpha value is -1.47. The highest BCUT2D eigenvalue weighted by Gasteiger charge is 2.32. The van der Waals surface area contributed by atoms with Crippen LogP contribution in [0.4, 0.5) is 0 Å². The van der Waals surface area contributed by atoms with E-state index in [1.807, 2.05) is 22.1 Å². The molecule has 2 aliphatic rings. The zero-order valence-corrected chi connectivity index (χ0v) is 13.5. The van der Waals surface area contributed by atoms with Crippen LogP contribution < -0.4 is 5.32 Å². The predicted octanol–water partition coefficient (Wildman–Crippen LogP) is 1.04. The molecular formula is C15H21N3O3S. The van der Waals surface area contributed by atoms with Gasteiger partial charge in [-0.1, -0.05) is 11.8 Å². The Bertz CT molecular complexity index is 560. The van der Waals surface area contributed by atoms with Gasteiger partial charge in [-0.2, -0.15) is 0 Å². The third-order valence-corrected chi connectivity index (χ3v) is 4.87. The van der Waals surface area contributed by atoms with Crippen LogP contribution in [0.3, 0.4) is 0 Å². The Morgan fingerprint density at radius 2 is 2.27 bits per heavy atom. The number of nitrogens with one attached hydrogen (secondary N) is 1. The van der Waals surface area contributed by atoms with Crippen molar-refractivity contribution in [3.8, 4) is 0 Å². The molecular weight excluding hydrogens is 302 g/mol. The van der Waals surface area contributed by atoms with Crippen molar-refractivity contribution in [1.29, 1.82) is 0 Å². The van der Waals surface area contributed by atoms with Crippen LogP contribution in [-0.2, 0) is 4.79 Å². The Balaban J connectivity index is 1.67. The molecule has 2 saturated heterocycles. The molecule has 7 heteroatoms. The van der Waals surface area contributed by atoms with Crippen LogP contribution in [0, 0.1) is 0 Å². The van der Waals surface area contributed by atoms with Crippen molar-refractivity contribution in [3.63, 3.8) is 0 Å². The van der Waals surface area contributed by atoms with E-state index in [1.165, 1.54) is 11.8 Å². The van der Waals surface area contributed by atoms with Gasteiger partial charge in [0.2, 0.25) is 5.91 Å². The van der Waals surface area contributed by atoms with Gasteiger partial charge in [-0.15, -0.1) is 0 Å². The van der Waals surface area contributed by atoms with Crippen molar-refractivity contribution in [1.82, 2.24) is 15.1 Å². The van der Waals surface area contributed by atoms with Gasteiger partial charge in [-0.05, 0) is 31.2 Å². The normalized spacial score (nSPS) is 23.0. The van der Waals surface area contributed by atoms with E-state index < -0.39 is 0 Å². The SMILES string of the molecule is CSc1ccc(C(=O)N2CCCC(N3CCNCC3=O)C2)o1. The fourth-order valence-electron chi connectivity index (χ4n) is 3.10. The summed E-state index contributed by atoms with van der Waals surface area (Å²) in [5.41, 5.74) is 0. The van der Waals surface area contributed by atoms with Crippen LogP contribution in [0.15, 0.2) is 21.6 Å². The molecule has 22 heavy (non-hydrogen) atoms. The van der Waals surface area contributed by atoms with E-state index in [0.29, 0.717) is 18.8 Å². The van der Waals surface area contributed by atoms with Crippen molar-refractivity contribution in [2.75, 3.05) is 39.0 Å². The van der Waals surface area contributed by atoms with E-state index in [1.54, 1.807) is 6.07 Å². The van der Waals surface area contributed by atoms with Crippen LogP contribution in [0.5, 0.6) is 0 Å². The van der Waals surface area contributed by atoms with Gasteiger partial charge in [0.1, 0.15) is 0 Å². The zero-order valence-electron chi connectivity index (χ0n) is 12.7. The minimum atomic E-state index is -0.0763. The third kappa shape index (κ3) is 3.15. The number of furan rings is 1. The van der Waals surface area contributed by atoms with E-state index >= 15 is 0 Å². The smallest absolute Gasteiger partial charge is 0.289 e. The number of hydrogen-bond acceptors (Lipinski definition) is 5. The fraction of sp³-hybridized carbons (Fsp3) is 0.600. The predicted molar refractivity (Wildman–Crippen MR) is 84.0 cm³/mol. The topological polar surface area (TPSA) is 65.8 Å². The van der Waals surface area contributed by atoms with Gasteiger partial charge in [0.05, 0.1) is 6.54 Å².